The van der Waals surface area contributed by atoms with Crippen LogP contribution in [0, 0.1) is 0 Å². The minimum absolute atomic E-state index is 0.0398. The summed E-state index contributed by atoms with van der Waals surface area (Å²) in [5.41, 5.74) is 1.10. The van der Waals surface area contributed by atoms with Crippen LogP contribution in [-0.2, 0) is 5.41 Å². The minimum Gasteiger partial charge on any atom is -0.504 e. The molecule has 0 spiro atoms. The molecule has 2 nitrogen and oxygen atoms in total. The smallest absolute Gasteiger partial charge is 0.164 e. The Hall–Kier alpha value is -0.716. The molecule has 0 aliphatic rings. The van der Waals surface area contributed by atoms with Gasteiger partial charge in [0.1, 0.15) is 14.7 Å². The lowest BCUT2D eigenvalue weighted by molar-refractivity contribution is 0.326. The van der Waals surface area contributed by atoms with Gasteiger partial charge in [0.15, 0.2) is 11.5 Å². The monoisotopic (exact) mass is 358 g/mol. The van der Waals surface area contributed by atoms with Crippen LogP contribution in [0.25, 0.3) is 0 Å². The van der Waals surface area contributed by atoms with E-state index in [0.29, 0.717) is 12.4 Å². The van der Waals surface area contributed by atoms with Crippen LogP contribution in [0.1, 0.15) is 26.3 Å². The summed E-state index contributed by atoms with van der Waals surface area (Å²) in [7, 11) is -1.63. The van der Waals surface area contributed by atoms with Crippen molar-refractivity contribution in [3.05, 3.63) is 30.4 Å². The van der Waals surface area contributed by atoms with Crippen molar-refractivity contribution < 1.29 is 9.84 Å². The molecule has 0 aliphatic carbocycles. The van der Waals surface area contributed by atoms with Crippen molar-refractivity contribution in [2.45, 2.75) is 52.4 Å². The van der Waals surface area contributed by atoms with Crippen LogP contribution in [0.4, 0.5) is 0 Å². The van der Waals surface area contributed by atoms with Gasteiger partial charge in [-0.05, 0) is 11.5 Å². The van der Waals surface area contributed by atoms with Gasteiger partial charge < -0.3 is 9.84 Å². The number of aromatic hydroxyl groups is 1. The van der Waals surface area contributed by atoms with Gasteiger partial charge in [-0.3, -0.25) is 0 Å². The van der Waals surface area contributed by atoms with E-state index in [1.807, 2.05) is 6.07 Å². The molecule has 126 valence electrons. The quantitative estimate of drug-likeness (QED) is 0.497. The third kappa shape index (κ3) is 7.03. The van der Waals surface area contributed by atoms with Gasteiger partial charge in [-0.15, -0.1) is 0 Å². The van der Waals surface area contributed by atoms with Gasteiger partial charge in [0, 0.05) is 5.56 Å². The lowest BCUT2D eigenvalue weighted by atomic mass is 9.86. The van der Waals surface area contributed by atoms with Crippen LogP contribution < -0.4 is 9.92 Å². The Kier molecular flexibility index (Phi) is 9.12. The zero-order chi connectivity index (χ0) is 17.5. The highest BCUT2D eigenvalue weighted by molar-refractivity contribution is 7.05. The largest absolute Gasteiger partial charge is 0.504 e. The van der Waals surface area contributed by atoms with Gasteiger partial charge in [-0.1, -0.05) is 70.9 Å². The lowest BCUT2D eigenvalue weighted by Gasteiger charge is -2.28. The maximum Gasteiger partial charge on any atom is 0.164 e. The molecule has 1 N–H and O–H groups in total. The predicted molar refractivity (Wildman–Crippen MR) is 106 cm³/mol. The Morgan fingerprint density at radius 2 is 1.73 bits per heavy atom. The van der Waals surface area contributed by atoms with Crippen LogP contribution in [0.15, 0.2) is 24.8 Å². The Labute approximate surface area is 144 Å². The van der Waals surface area contributed by atoms with E-state index in [4.69, 9.17) is 15.8 Å². The molecule has 1 aromatic rings. The number of rotatable bonds is 4. The lowest BCUT2D eigenvalue weighted by Crippen LogP contribution is -2.33. The maximum atomic E-state index is 10.0. The first kappa shape index (κ1) is 21.3. The molecule has 1 aromatic carbocycles. The van der Waals surface area contributed by atoms with Crippen LogP contribution >= 0.6 is 11.1 Å². The number of phenolic OH excluding ortho intramolecular Hbond substituents is 1. The number of benzene rings is 1. The van der Waals surface area contributed by atoms with E-state index in [-0.39, 0.29) is 11.2 Å². The zero-order valence-corrected chi connectivity index (χ0v) is 18.1. The normalized spacial score (nSPS) is 11.2. The summed E-state index contributed by atoms with van der Waals surface area (Å²) in [5, 5.41) is 11.4. The van der Waals surface area contributed by atoms with Crippen molar-refractivity contribution in [2.24, 2.45) is 0 Å². The summed E-state index contributed by atoms with van der Waals surface area (Å²) in [6, 6.07) is 3.80. The van der Waals surface area contributed by atoms with E-state index in [1.165, 1.54) is 5.19 Å². The Morgan fingerprint density at radius 1 is 1.23 bits per heavy atom. The second kappa shape index (κ2) is 9.43. The summed E-state index contributed by atoms with van der Waals surface area (Å²) in [6.45, 7) is 19.3. The first-order valence-corrected chi connectivity index (χ1v) is 14.7. The van der Waals surface area contributed by atoms with Crippen LogP contribution in [0.3, 0.4) is 0 Å². The van der Waals surface area contributed by atoms with E-state index in [1.54, 1.807) is 12.1 Å². The first-order valence-electron chi connectivity index (χ1n) is 7.76. The van der Waals surface area contributed by atoms with Crippen molar-refractivity contribution in [3.63, 3.8) is 0 Å². The van der Waals surface area contributed by atoms with E-state index in [9.17, 15) is 5.11 Å². The van der Waals surface area contributed by atoms with E-state index in [2.05, 4.69) is 53.5 Å². The minimum atomic E-state index is -0.967. The molecule has 0 radical (unpaired) electrons. The number of hydrogen-bond donors (Lipinski definition) is 1. The summed E-state index contributed by atoms with van der Waals surface area (Å²) >= 11 is 5.41. The van der Waals surface area contributed by atoms with Crippen molar-refractivity contribution in [1.29, 1.82) is 0 Å². The molecule has 0 aliphatic heterocycles. The van der Waals surface area contributed by atoms with Gasteiger partial charge in [0.2, 0.25) is 0 Å². The molecular formula is C17H31ClO2Si2. The standard InChI is InChI=1S/C15H24O2Si.C2H7ClSi/c1-7-10-17-14-11(16)8-9-12(18(5)6)13(14)15(2,3)4;1-4(2)3/h7-9,16,18H,1,10H2,2-6H3;4H,1-2H3. The molecule has 1 rings (SSSR count). The van der Waals surface area contributed by atoms with Gasteiger partial charge in [0.25, 0.3) is 0 Å². The fourth-order valence-corrected chi connectivity index (χ4v) is 3.75. The fourth-order valence-electron chi connectivity index (χ4n) is 2.13. The van der Waals surface area contributed by atoms with E-state index < -0.39 is 16.9 Å². The number of ether oxygens (including phenoxy) is 1. The summed E-state index contributed by atoms with van der Waals surface area (Å²) in [5.74, 6) is 0.848. The zero-order valence-electron chi connectivity index (χ0n) is 15.0. The highest BCUT2D eigenvalue weighted by Gasteiger charge is 2.26. The summed E-state index contributed by atoms with van der Waals surface area (Å²) < 4.78 is 5.69. The van der Waals surface area contributed by atoms with Crippen molar-refractivity contribution >= 4 is 33.2 Å². The molecule has 22 heavy (non-hydrogen) atoms. The Morgan fingerprint density at radius 3 is 2.09 bits per heavy atom. The molecule has 0 unspecified atom stereocenters. The molecule has 0 atom stereocenters. The van der Waals surface area contributed by atoms with Gasteiger partial charge in [-0.25, -0.2) is 0 Å². The van der Waals surface area contributed by atoms with Gasteiger partial charge >= 0.3 is 0 Å². The van der Waals surface area contributed by atoms with Gasteiger partial charge in [-0.2, -0.15) is 11.1 Å². The molecule has 0 saturated heterocycles. The molecular weight excluding hydrogens is 328 g/mol. The average Bonchev–Trinajstić information content (AvgIpc) is 2.34. The Balaban J connectivity index is 0.000000980. The summed E-state index contributed by atoms with van der Waals surface area (Å²) in [4.78, 5) is 0. The number of halogens is 1. The average molecular weight is 359 g/mol. The molecule has 0 saturated carbocycles. The van der Waals surface area contributed by atoms with Crippen molar-refractivity contribution in [2.75, 3.05) is 6.61 Å². The summed E-state index contributed by atoms with van der Waals surface area (Å²) in [6.07, 6.45) is 1.70. The number of phenols is 1. The molecule has 5 heteroatoms. The number of hydrogen-bond acceptors (Lipinski definition) is 2. The SMILES string of the molecule is C=CCOc1c(O)ccc([SiH](C)C)c1C(C)(C)C.C[SiH](C)Cl. The van der Waals surface area contributed by atoms with Crippen molar-refractivity contribution in [3.8, 4) is 11.5 Å². The van der Waals surface area contributed by atoms with Gasteiger partial charge in [0.05, 0.1) is 8.80 Å². The van der Waals surface area contributed by atoms with Crippen molar-refractivity contribution in [1.82, 2.24) is 0 Å². The first-order chi connectivity index (χ1) is 10.0. The van der Waals surface area contributed by atoms with E-state index >= 15 is 0 Å². The molecule has 0 fully saturated rings. The second-order valence-corrected chi connectivity index (χ2v) is 14.5. The third-order valence-corrected chi connectivity index (χ3v) is 4.61. The third-order valence-electron chi connectivity index (χ3n) is 2.89. The highest BCUT2D eigenvalue weighted by Crippen LogP contribution is 2.37. The van der Waals surface area contributed by atoms with Crippen LogP contribution in [0.5, 0.6) is 11.5 Å². The molecule has 0 amide bonds. The molecule has 0 bridgehead atoms. The fraction of sp³-hybridized carbons (Fsp3) is 0.529. The maximum absolute atomic E-state index is 10.0. The highest BCUT2D eigenvalue weighted by atomic mass is 35.6. The molecule has 0 heterocycles. The molecule has 0 aromatic heterocycles. The van der Waals surface area contributed by atoms with E-state index in [0.717, 1.165) is 5.56 Å². The van der Waals surface area contributed by atoms with Crippen LogP contribution in [-0.4, -0.2) is 28.6 Å². The predicted octanol–water partition coefficient (Wildman–Crippen LogP) is 4.16. The van der Waals surface area contributed by atoms with Crippen LogP contribution in [0.2, 0.25) is 26.2 Å². The second-order valence-electron chi connectivity index (χ2n) is 6.90. The Bertz CT molecular complexity index is 478. The topological polar surface area (TPSA) is 29.5 Å².